The molecule has 0 aromatic heterocycles. The first-order chi connectivity index (χ1) is 7.84. The molecule has 0 spiro atoms. The number of carbonyl (C=O) groups is 1. The molecule has 0 aliphatic carbocycles. The molecule has 90 valence electrons. The van der Waals surface area contributed by atoms with Crippen molar-refractivity contribution >= 4 is 5.91 Å². The molecule has 3 heterocycles. The van der Waals surface area contributed by atoms with Crippen LogP contribution in [0.4, 0.5) is 0 Å². The van der Waals surface area contributed by atoms with E-state index in [9.17, 15) is 4.79 Å². The Morgan fingerprint density at radius 1 is 1.12 bits per heavy atom. The second-order valence-corrected chi connectivity index (χ2v) is 5.37. The predicted octanol–water partition coefficient (Wildman–Crippen LogP) is -0.0512. The van der Waals surface area contributed by atoms with Gasteiger partial charge in [-0.25, -0.2) is 0 Å². The van der Waals surface area contributed by atoms with E-state index in [0.29, 0.717) is 6.04 Å². The molecule has 3 rings (SSSR count). The van der Waals surface area contributed by atoms with Crippen molar-refractivity contribution in [3.8, 4) is 0 Å². The number of likely N-dealkylation sites (tertiary alicyclic amines) is 1. The molecule has 3 atom stereocenters. The Morgan fingerprint density at radius 3 is 2.94 bits per heavy atom. The van der Waals surface area contributed by atoms with Crippen LogP contribution in [0.2, 0.25) is 0 Å². The maximum atomic E-state index is 11.9. The molecule has 4 nitrogen and oxygen atoms in total. The SMILES string of the molecule is O=C1NCCCCC1N1C[C@@H]2CCN[C@@H]2C1. The van der Waals surface area contributed by atoms with Crippen molar-refractivity contribution in [3.63, 3.8) is 0 Å². The lowest BCUT2D eigenvalue weighted by molar-refractivity contribution is -0.125. The first-order valence-corrected chi connectivity index (χ1v) is 6.60. The number of hydrogen-bond acceptors (Lipinski definition) is 3. The molecule has 3 saturated heterocycles. The first-order valence-electron chi connectivity index (χ1n) is 6.60. The van der Waals surface area contributed by atoms with Crippen LogP contribution in [0.25, 0.3) is 0 Å². The van der Waals surface area contributed by atoms with Crippen molar-refractivity contribution in [3.05, 3.63) is 0 Å². The lowest BCUT2D eigenvalue weighted by atomic mass is 10.1. The zero-order valence-electron chi connectivity index (χ0n) is 9.74. The van der Waals surface area contributed by atoms with Gasteiger partial charge in [0.05, 0.1) is 6.04 Å². The minimum atomic E-state index is 0.148. The second kappa shape index (κ2) is 4.34. The third kappa shape index (κ3) is 1.84. The topological polar surface area (TPSA) is 44.4 Å². The van der Waals surface area contributed by atoms with Gasteiger partial charge in [0.2, 0.25) is 5.91 Å². The van der Waals surface area contributed by atoms with Gasteiger partial charge in [0, 0.05) is 25.7 Å². The third-order valence-electron chi connectivity index (χ3n) is 4.34. The van der Waals surface area contributed by atoms with Gasteiger partial charge in [-0.3, -0.25) is 9.69 Å². The van der Waals surface area contributed by atoms with Crippen LogP contribution in [0.3, 0.4) is 0 Å². The molecule has 2 N–H and O–H groups in total. The van der Waals surface area contributed by atoms with Crippen LogP contribution in [-0.4, -0.2) is 49.1 Å². The Bertz CT molecular complexity index is 269. The average molecular weight is 223 g/mol. The number of hydrogen-bond donors (Lipinski definition) is 2. The standard InChI is InChI=1S/C12H21N3O/c16-12-11(3-1-2-5-14-12)15-7-9-4-6-13-10(9)8-15/h9-11,13H,1-8H2,(H,14,16)/t9-,10+,11?/m0/s1. The molecule has 3 fully saturated rings. The molecule has 0 radical (unpaired) electrons. The van der Waals surface area contributed by atoms with Crippen molar-refractivity contribution in [1.29, 1.82) is 0 Å². The van der Waals surface area contributed by atoms with E-state index in [2.05, 4.69) is 15.5 Å². The van der Waals surface area contributed by atoms with Crippen LogP contribution in [0.1, 0.15) is 25.7 Å². The highest BCUT2D eigenvalue weighted by atomic mass is 16.2. The molecule has 4 heteroatoms. The van der Waals surface area contributed by atoms with Crippen LogP contribution < -0.4 is 10.6 Å². The van der Waals surface area contributed by atoms with E-state index < -0.39 is 0 Å². The van der Waals surface area contributed by atoms with E-state index in [1.165, 1.54) is 19.4 Å². The molecule has 3 aliphatic rings. The summed E-state index contributed by atoms with van der Waals surface area (Å²) in [5.41, 5.74) is 0. The van der Waals surface area contributed by atoms with E-state index in [4.69, 9.17) is 0 Å². The van der Waals surface area contributed by atoms with Gasteiger partial charge in [-0.2, -0.15) is 0 Å². The maximum absolute atomic E-state index is 11.9. The highest BCUT2D eigenvalue weighted by Gasteiger charge is 2.40. The Morgan fingerprint density at radius 2 is 2.06 bits per heavy atom. The van der Waals surface area contributed by atoms with E-state index in [0.717, 1.165) is 38.4 Å². The largest absolute Gasteiger partial charge is 0.355 e. The first kappa shape index (κ1) is 10.5. The van der Waals surface area contributed by atoms with Gasteiger partial charge < -0.3 is 10.6 Å². The van der Waals surface area contributed by atoms with Gasteiger partial charge in [-0.15, -0.1) is 0 Å². The van der Waals surface area contributed by atoms with E-state index >= 15 is 0 Å². The van der Waals surface area contributed by atoms with E-state index in [1.54, 1.807) is 0 Å². The van der Waals surface area contributed by atoms with Crippen molar-refractivity contribution in [1.82, 2.24) is 15.5 Å². The summed E-state index contributed by atoms with van der Waals surface area (Å²) in [6, 6.07) is 0.797. The smallest absolute Gasteiger partial charge is 0.237 e. The molecule has 16 heavy (non-hydrogen) atoms. The highest BCUT2D eigenvalue weighted by Crippen LogP contribution is 2.27. The van der Waals surface area contributed by atoms with Gasteiger partial charge in [-0.1, -0.05) is 0 Å². The number of carbonyl (C=O) groups excluding carboxylic acids is 1. The second-order valence-electron chi connectivity index (χ2n) is 5.37. The number of rotatable bonds is 1. The van der Waals surface area contributed by atoms with Crippen LogP contribution >= 0.6 is 0 Å². The van der Waals surface area contributed by atoms with Gasteiger partial charge in [-0.05, 0) is 38.1 Å². The maximum Gasteiger partial charge on any atom is 0.237 e. The number of amides is 1. The fourth-order valence-corrected chi connectivity index (χ4v) is 3.41. The lowest BCUT2D eigenvalue weighted by Crippen LogP contribution is -2.46. The molecule has 0 aromatic rings. The van der Waals surface area contributed by atoms with E-state index in [-0.39, 0.29) is 11.9 Å². The summed E-state index contributed by atoms with van der Waals surface area (Å²) in [6.07, 6.45) is 4.66. The summed E-state index contributed by atoms with van der Waals surface area (Å²) in [7, 11) is 0. The summed E-state index contributed by atoms with van der Waals surface area (Å²) in [6.45, 7) is 4.23. The average Bonchev–Trinajstić information content (AvgIpc) is 2.77. The molecule has 1 amide bonds. The minimum Gasteiger partial charge on any atom is -0.355 e. The quantitative estimate of drug-likeness (QED) is 0.655. The predicted molar refractivity (Wildman–Crippen MR) is 62.1 cm³/mol. The number of nitrogens with one attached hydrogen (secondary N) is 2. The fraction of sp³-hybridized carbons (Fsp3) is 0.917. The summed E-state index contributed by atoms with van der Waals surface area (Å²) in [5, 5.41) is 6.58. The van der Waals surface area contributed by atoms with Crippen LogP contribution in [0.15, 0.2) is 0 Å². The molecule has 0 aromatic carbocycles. The van der Waals surface area contributed by atoms with E-state index in [1.807, 2.05) is 0 Å². The zero-order chi connectivity index (χ0) is 11.0. The molecule has 3 aliphatic heterocycles. The Kier molecular flexibility index (Phi) is 2.86. The van der Waals surface area contributed by atoms with Gasteiger partial charge in [0.15, 0.2) is 0 Å². The molecular weight excluding hydrogens is 202 g/mol. The minimum absolute atomic E-state index is 0.148. The Labute approximate surface area is 96.8 Å². The Hall–Kier alpha value is -0.610. The van der Waals surface area contributed by atoms with Gasteiger partial charge >= 0.3 is 0 Å². The molecule has 1 unspecified atom stereocenters. The van der Waals surface area contributed by atoms with Crippen molar-refractivity contribution in [2.24, 2.45) is 5.92 Å². The van der Waals surface area contributed by atoms with Crippen LogP contribution in [-0.2, 0) is 4.79 Å². The van der Waals surface area contributed by atoms with Gasteiger partial charge in [0.25, 0.3) is 0 Å². The number of fused-ring (bicyclic) bond motifs is 1. The summed E-state index contributed by atoms with van der Waals surface area (Å²) < 4.78 is 0. The number of nitrogens with zero attached hydrogens (tertiary/aromatic N) is 1. The summed E-state index contributed by atoms with van der Waals surface area (Å²) in [5.74, 6) is 1.05. The summed E-state index contributed by atoms with van der Waals surface area (Å²) in [4.78, 5) is 14.4. The third-order valence-corrected chi connectivity index (χ3v) is 4.34. The Balaban J connectivity index is 1.66. The normalized spacial score (nSPS) is 40.5. The van der Waals surface area contributed by atoms with Gasteiger partial charge in [0.1, 0.15) is 0 Å². The molecule has 0 saturated carbocycles. The van der Waals surface area contributed by atoms with Crippen LogP contribution in [0.5, 0.6) is 0 Å². The molecular formula is C12H21N3O. The van der Waals surface area contributed by atoms with Crippen molar-refractivity contribution in [2.75, 3.05) is 26.2 Å². The van der Waals surface area contributed by atoms with Crippen molar-refractivity contribution < 1.29 is 4.79 Å². The lowest BCUT2D eigenvalue weighted by Gasteiger charge is -2.25. The van der Waals surface area contributed by atoms with Crippen molar-refractivity contribution in [2.45, 2.75) is 37.8 Å². The van der Waals surface area contributed by atoms with Crippen LogP contribution in [0, 0.1) is 5.92 Å². The monoisotopic (exact) mass is 223 g/mol. The highest BCUT2D eigenvalue weighted by molar-refractivity contribution is 5.82. The fourth-order valence-electron chi connectivity index (χ4n) is 3.41. The zero-order valence-corrected chi connectivity index (χ0v) is 9.74. The summed E-state index contributed by atoms with van der Waals surface area (Å²) >= 11 is 0. The molecule has 0 bridgehead atoms.